The maximum absolute atomic E-state index is 12.9. The molecule has 0 aromatic heterocycles. The summed E-state index contributed by atoms with van der Waals surface area (Å²) in [6.45, 7) is -0.484. The second kappa shape index (κ2) is 10.6. The van der Waals surface area contributed by atoms with Crippen LogP contribution < -0.4 is 4.74 Å². The molecule has 8 heteroatoms. The second-order valence-electron chi connectivity index (χ2n) is 6.64. The van der Waals surface area contributed by atoms with Crippen molar-refractivity contribution in [1.29, 1.82) is 0 Å². The first kappa shape index (κ1) is 23.8. The highest BCUT2D eigenvalue weighted by Crippen LogP contribution is 2.33. The molecule has 0 bridgehead atoms. The molecule has 0 radical (unpaired) electrons. The Morgan fingerprint density at radius 2 is 1.66 bits per heavy atom. The van der Waals surface area contributed by atoms with Gasteiger partial charge in [0.25, 0.3) is 0 Å². The number of thioether (sulfide) groups is 1. The molecule has 0 atom stereocenters. The Hall–Kier alpha value is -2.90. The lowest BCUT2D eigenvalue weighted by Gasteiger charge is -2.12. The minimum Gasteiger partial charge on any atom is -0.480 e. The number of rotatable bonds is 8. The fraction of sp³-hybridized carbons (Fsp3) is 0.125. The van der Waals surface area contributed by atoms with Crippen LogP contribution in [0, 0.1) is 0 Å². The molecule has 3 aromatic rings. The summed E-state index contributed by atoms with van der Waals surface area (Å²) in [6.07, 6.45) is -2.43. The van der Waals surface area contributed by atoms with E-state index in [2.05, 4.69) is 0 Å². The topological polar surface area (TPSA) is 46.5 Å². The van der Waals surface area contributed by atoms with Gasteiger partial charge < -0.3 is 9.84 Å². The Balaban J connectivity index is 1.79. The summed E-state index contributed by atoms with van der Waals surface area (Å²) in [5.74, 6) is -0.276. The summed E-state index contributed by atoms with van der Waals surface area (Å²) >= 11 is 7.64. The summed E-state index contributed by atoms with van der Waals surface area (Å²) in [4.78, 5) is 11.5. The Morgan fingerprint density at radius 3 is 2.25 bits per heavy atom. The maximum Gasteiger partial charge on any atom is 0.416 e. The van der Waals surface area contributed by atoms with E-state index >= 15 is 0 Å². The zero-order valence-corrected chi connectivity index (χ0v) is 18.2. The monoisotopic (exact) mass is 478 g/mol. The first-order chi connectivity index (χ1) is 15.2. The standard InChI is InChI=1S/C24H18ClF3O3S/c25-21-14-19(10-11-22(21)31-15-23(29)30)32-13-12-20(16-4-2-1-3-5-16)17-6-8-18(9-7-17)24(26,27)28/h1-12,14H,13,15H2,(H,29,30). The first-order valence-electron chi connectivity index (χ1n) is 9.44. The van der Waals surface area contributed by atoms with Crippen LogP contribution in [0.2, 0.25) is 5.02 Å². The highest BCUT2D eigenvalue weighted by Gasteiger charge is 2.30. The Labute approximate surface area is 192 Å². The van der Waals surface area contributed by atoms with Crippen LogP contribution >= 0.6 is 23.4 Å². The van der Waals surface area contributed by atoms with Crippen molar-refractivity contribution in [2.45, 2.75) is 11.1 Å². The molecule has 1 N–H and O–H groups in total. The molecule has 0 aliphatic heterocycles. The van der Waals surface area contributed by atoms with E-state index < -0.39 is 24.3 Å². The molecule has 32 heavy (non-hydrogen) atoms. The number of hydrogen-bond donors (Lipinski definition) is 1. The number of alkyl halides is 3. The van der Waals surface area contributed by atoms with Gasteiger partial charge >= 0.3 is 12.1 Å². The van der Waals surface area contributed by atoms with Gasteiger partial charge in [0.1, 0.15) is 5.75 Å². The van der Waals surface area contributed by atoms with E-state index in [1.807, 2.05) is 36.4 Å². The molecule has 3 aromatic carbocycles. The van der Waals surface area contributed by atoms with Crippen molar-refractivity contribution in [1.82, 2.24) is 0 Å². The van der Waals surface area contributed by atoms with E-state index in [1.54, 1.807) is 18.2 Å². The third kappa shape index (κ3) is 6.55. The summed E-state index contributed by atoms with van der Waals surface area (Å²) < 4.78 is 43.9. The van der Waals surface area contributed by atoms with E-state index in [-0.39, 0.29) is 5.75 Å². The lowest BCUT2D eigenvalue weighted by Crippen LogP contribution is -2.09. The van der Waals surface area contributed by atoms with Crippen LogP contribution in [-0.4, -0.2) is 23.4 Å². The van der Waals surface area contributed by atoms with Crippen molar-refractivity contribution in [2.24, 2.45) is 0 Å². The van der Waals surface area contributed by atoms with Crippen molar-refractivity contribution < 1.29 is 27.8 Å². The molecule has 0 amide bonds. The van der Waals surface area contributed by atoms with Crippen molar-refractivity contribution in [2.75, 3.05) is 12.4 Å². The van der Waals surface area contributed by atoms with Gasteiger partial charge in [0, 0.05) is 10.6 Å². The van der Waals surface area contributed by atoms with Crippen LogP contribution in [0.1, 0.15) is 16.7 Å². The van der Waals surface area contributed by atoms with Crippen LogP contribution in [0.25, 0.3) is 5.57 Å². The van der Waals surface area contributed by atoms with Gasteiger partial charge in [-0.1, -0.05) is 60.1 Å². The number of ether oxygens (including phenoxy) is 1. The van der Waals surface area contributed by atoms with Crippen LogP contribution in [-0.2, 0) is 11.0 Å². The predicted octanol–water partition coefficient (Wildman–Crippen LogP) is 7.05. The molecule has 3 nitrogen and oxygen atoms in total. The summed E-state index contributed by atoms with van der Waals surface area (Å²) in [6, 6.07) is 19.6. The summed E-state index contributed by atoms with van der Waals surface area (Å²) in [5.41, 5.74) is 1.70. The minimum atomic E-state index is -4.38. The Kier molecular flexibility index (Phi) is 7.88. The summed E-state index contributed by atoms with van der Waals surface area (Å²) in [7, 11) is 0. The van der Waals surface area contributed by atoms with Crippen LogP contribution in [0.3, 0.4) is 0 Å². The van der Waals surface area contributed by atoms with Crippen LogP contribution in [0.15, 0.2) is 83.8 Å². The van der Waals surface area contributed by atoms with E-state index in [1.165, 1.54) is 23.9 Å². The molecule has 0 aliphatic rings. The molecular weight excluding hydrogens is 461 g/mol. The van der Waals surface area contributed by atoms with Gasteiger partial charge in [-0.05, 0) is 47.0 Å². The normalized spacial score (nSPS) is 11.9. The molecule has 166 valence electrons. The highest BCUT2D eigenvalue weighted by molar-refractivity contribution is 7.99. The lowest BCUT2D eigenvalue weighted by atomic mass is 9.97. The third-order valence-corrected chi connectivity index (χ3v) is 5.62. The quantitative estimate of drug-likeness (QED) is 0.352. The van der Waals surface area contributed by atoms with E-state index in [0.717, 1.165) is 28.2 Å². The van der Waals surface area contributed by atoms with Gasteiger partial charge in [-0.15, -0.1) is 11.8 Å². The van der Waals surface area contributed by atoms with Crippen molar-refractivity contribution in [3.05, 3.63) is 101 Å². The molecule has 0 aliphatic carbocycles. The van der Waals surface area contributed by atoms with Crippen molar-refractivity contribution in [3.63, 3.8) is 0 Å². The van der Waals surface area contributed by atoms with Gasteiger partial charge in [-0.25, -0.2) is 4.79 Å². The summed E-state index contributed by atoms with van der Waals surface area (Å²) in [5, 5.41) is 8.99. The smallest absolute Gasteiger partial charge is 0.416 e. The molecule has 0 saturated heterocycles. The van der Waals surface area contributed by atoms with Gasteiger partial charge in [0.2, 0.25) is 0 Å². The van der Waals surface area contributed by atoms with Crippen molar-refractivity contribution >= 4 is 34.9 Å². The van der Waals surface area contributed by atoms with Gasteiger partial charge in [0.05, 0.1) is 10.6 Å². The Morgan fingerprint density at radius 1 is 1.00 bits per heavy atom. The van der Waals surface area contributed by atoms with Crippen LogP contribution in [0.5, 0.6) is 5.75 Å². The molecule has 0 unspecified atom stereocenters. The first-order valence-corrected chi connectivity index (χ1v) is 10.8. The molecule has 0 spiro atoms. The number of halogens is 4. The highest BCUT2D eigenvalue weighted by atomic mass is 35.5. The van der Waals surface area contributed by atoms with E-state index in [9.17, 15) is 18.0 Å². The van der Waals surface area contributed by atoms with E-state index in [0.29, 0.717) is 16.3 Å². The second-order valence-corrected chi connectivity index (χ2v) is 8.15. The number of carboxylic acids is 1. The minimum absolute atomic E-state index is 0.281. The number of aliphatic carboxylic acids is 1. The molecular formula is C24H18ClF3O3S. The lowest BCUT2D eigenvalue weighted by molar-refractivity contribution is -0.139. The fourth-order valence-electron chi connectivity index (χ4n) is 2.91. The van der Waals surface area contributed by atoms with Gasteiger partial charge in [-0.2, -0.15) is 13.2 Å². The molecule has 0 saturated carbocycles. The molecule has 0 fully saturated rings. The Bertz CT molecular complexity index is 1100. The van der Waals surface area contributed by atoms with Gasteiger partial charge in [0.15, 0.2) is 6.61 Å². The number of carbonyl (C=O) groups is 1. The zero-order valence-electron chi connectivity index (χ0n) is 16.6. The largest absolute Gasteiger partial charge is 0.480 e. The average molecular weight is 479 g/mol. The van der Waals surface area contributed by atoms with Gasteiger partial charge in [-0.3, -0.25) is 0 Å². The number of benzene rings is 3. The van der Waals surface area contributed by atoms with E-state index in [4.69, 9.17) is 21.4 Å². The SMILES string of the molecule is O=C(O)COc1ccc(SCC=C(c2ccccc2)c2ccc(C(F)(F)F)cc2)cc1Cl. The number of hydrogen-bond acceptors (Lipinski definition) is 3. The molecule has 3 rings (SSSR count). The maximum atomic E-state index is 12.9. The fourth-order valence-corrected chi connectivity index (χ4v) is 4.02. The number of carboxylic acid groups (broad SMARTS) is 1. The predicted molar refractivity (Wildman–Crippen MR) is 120 cm³/mol. The molecule has 0 heterocycles. The zero-order chi connectivity index (χ0) is 23.1. The van der Waals surface area contributed by atoms with Crippen LogP contribution in [0.4, 0.5) is 13.2 Å². The average Bonchev–Trinajstić information content (AvgIpc) is 2.76. The third-order valence-electron chi connectivity index (χ3n) is 4.40. The van der Waals surface area contributed by atoms with Crippen molar-refractivity contribution in [3.8, 4) is 5.75 Å².